The fraction of sp³-hybridized carbons (Fsp3) is 0.375. The Morgan fingerprint density at radius 1 is 1.50 bits per heavy atom. The van der Waals surface area contributed by atoms with E-state index in [1.807, 2.05) is 0 Å². The van der Waals surface area contributed by atoms with Gasteiger partial charge in [-0.15, -0.1) is 0 Å². The molecule has 0 unspecified atom stereocenters. The molecule has 0 bridgehead atoms. The second kappa shape index (κ2) is 4.01. The number of aromatic nitrogens is 1. The van der Waals surface area contributed by atoms with Gasteiger partial charge in [-0.05, 0) is 19.9 Å². The van der Waals surface area contributed by atoms with E-state index in [0.717, 1.165) is 6.54 Å². The molecule has 1 rings (SSSR count). The van der Waals surface area contributed by atoms with Crippen molar-refractivity contribution < 1.29 is 10.0 Å². The van der Waals surface area contributed by atoms with Gasteiger partial charge in [0.25, 0.3) is 0 Å². The molecule has 0 aliphatic heterocycles. The predicted molar refractivity (Wildman–Crippen MR) is 39.0 cm³/mol. The zero-order chi connectivity index (χ0) is 6.69. The summed E-state index contributed by atoms with van der Waals surface area (Å²) in [6.07, 6.45) is 4.22. The van der Waals surface area contributed by atoms with E-state index in [1.54, 1.807) is 0 Å². The average Bonchev–Trinajstić information content (AvgIpc) is 1.88. The van der Waals surface area contributed by atoms with Crippen molar-refractivity contribution in [2.45, 2.75) is 20.4 Å². The molecular formula is C8H13NO. The summed E-state index contributed by atoms with van der Waals surface area (Å²) in [6, 6.07) is 4.17. The van der Waals surface area contributed by atoms with E-state index in [9.17, 15) is 0 Å². The van der Waals surface area contributed by atoms with Crippen molar-refractivity contribution in [2.75, 3.05) is 0 Å². The van der Waals surface area contributed by atoms with Crippen LogP contribution in [0.25, 0.3) is 0 Å². The molecule has 0 fully saturated rings. The van der Waals surface area contributed by atoms with Crippen molar-refractivity contribution in [1.29, 1.82) is 0 Å². The van der Waals surface area contributed by atoms with Gasteiger partial charge in [0.05, 0.1) is 0 Å². The Labute approximate surface area is 61.4 Å². The molecule has 0 aromatic carbocycles. The number of pyridine rings is 1. The monoisotopic (exact) mass is 139 g/mol. The maximum Gasteiger partial charge on any atom is 0.171 e. The standard InChI is InChI=1S/C8H12N.H2O/c1-3-9-6-4-5-8(2)7-9;/h4-7H,3H2,1-2H3;1H2/q+1;/p-1. The molecule has 0 saturated heterocycles. The number of aryl methyl sites for hydroxylation is 2. The van der Waals surface area contributed by atoms with Crippen LogP contribution in [-0.4, -0.2) is 5.48 Å². The van der Waals surface area contributed by atoms with Gasteiger partial charge in [-0.1, -0.05) is 0 Å². The Kier molecular flexibility index (Phi) is 3.65. The van der Waals surface area contributed by atoms with Crippen molar-refractivity contribution in [3.05, 3.63) is 30.1 Å². The van der Waals surface area contributed by atoms with Crippen molar-refractivity contribution in [3.8, 4) is 0 Å². The lowest BCUT2D eigenvalue weighted by atomic mass is 10.3. The summed E-state index contributed by atoms with van der Waals surface area (Å²) in [7, 11) is 0. The second-order valence-corrected chi connectivity index (χ2v) is 2.21. The molecule has 0 radical (unpaired) electrons. The predicted octanol–water partition coefficient (Wildman–Crippen LogP) is 1.13. The zero-order valence-corrected chi connectivity index (χ0v) is 6.41. The van der Waals surface area contributed by atoms with Gasteiger partial charge in [0, 0.05) is 11.6 Å². The Hall–Kier alpha value is -0.890. The van der Waals surface area contributed by atoms with Crippen molar-refractivity contribution in [2.24, 2.45) is 0 Å². The molecular weight excluding hydrogens is 126 g/mol. The zero-order valence-electron chi connectivity index (χ0n) is 6.41. The van der Waals surface area contributed by atoms with Crippen LogP contribution in [0.4, 0.5) is 0 Å². The maximum atomic E-state index is 2.16. The number of nitrogens with zero attached hydrogens (tertiary/aromatic N) is 1. The van der Waals surface area contributed by atoms with Gasteiger partial charge in [0.1, 0.15) is 6.54 Å². The van der Waals surface area contributed by atoms with E-state index < -0.39 is 0 Å². The van der Waals surface area contributed by atoms with Gasteiger partial charge in [0.15, 0.2) is 12.4 Å². The highest BCUT2D eigenvalue weighted by Gasteiger charge is 1.92. The quantitative estimate of drug-likeness (QED) is 0.537. The Morgan fingerprint density at radius 2 is 2.20 bits per heavy atom. The highest BCUT2D eigenvalue weighted by atomic mass is 16.0. The van der Waals surface area contributed by atoms with Crippen LogP contribution in [0.2, 0.25) is 0 Å². The van der Waals surface area contributed by atoms with Crippen molar-refractivity contribution in [1.82, 2.24) is 0 Å². The molecule has 1 N–H and O–H groups in total. The van der Waals surface area contributed by atoms with Gasteiger partial charge >= 0.3 is 0 Å². The highest BCUT2D eigenvalue weighted by Crippen LogP contribution is 1.88. The third kappa shape index (κ3) is 2.15. The van der Waals surface area contributed by atoms with Gasteiger partial charge in [-0.25, -0.2) is 4.57 Å². The van der Waals surface area contributed by atoms with Gasteiger partial charge in [0.2, 0.25) is 0 Å². The first kappa shape index (κ1) is 9.11. The van der Waals surface area contributed by atoms with Gasteiger partial charge in [-0.2, -0.15) is 0 Å². The summed E-state index contributed by atoms with van der Waals surface area (Å²) in [5.74, 6) is 0. The summed E-state index contributed by atoms with van der Waals surface area (Å²) in [5, 5.41) is 0. The minimum atomic E-state index is 0. The van der Waals surface area contributed by atoms with E-state index in [4.69, 9.17) is 0 Å². The van der Waals surface area contributed by atoms with Crippen LogP contribution >= 0.6 is 0 Å². The summed E-state index contributed by atoms with van der Waals surface area (Å²) in [4.78, 5) is 0. The lowest BCUT2D eigenvalue weighted by Gasteiger charge is -1.90. The molecule has 0 atom stereocenters. The van der Waals surface area contributed by atoms with E-state index >= 15 is 0 Å². The fourth-order valence-corrected chi connectivity index (χ4v) is 0.850. The molecule has 2 heteroatoms. The summed E-state index contributed by atoms with van der Waals surface area (Å²) in [5.41, 5.74) is 1.32. The van der Waals surface area contributed by atoms with Crippen LogP contribution in [0.1, 0.15) is 12.5 Å². The summed E-state index contributed by atoms with van der Waals surface area (Å²) < 4.78 is 2.16. The smallest absolute Gasteiger partial charge is 0.171 e. The van der Waals surface area contributed by atoms with Crippen LogP contribution in [0.5, 0.6) is 0 Å². The van der Waals surface area contributed by atoms with Crippen molar-refractivity contribution in [3.63, 3.8) is 0 Å². The molecule has 0 saturated carbocycles. The number of rotatable bonds is 1. The van der Waals surface area contributed by atoms with E-state index in [-0.39, 0.29) is 5.48 Å². The lowest BCUT2D eigenvalue weighted by Crippen LogP contribution is -2.30. The maximum absolute atomic E-state index is 2.16. The van der Waals surface area contributed by atoms with Crippen LogP contribution in [0.15, 0.2) is 24.5 Å². The summed E-state index contributed by atoms with van der Waals surface area (Å²) in [6.45, 7) is 5.30. The molecule has 0 aliphatic carbocycles. The number of hydrogen-bond acceptors (Lipinski definition) is 1. The molecule has 1 heterocycles. The number of hydrogen-bond donors (Lipinski definition) is 0. The Bertz CT molecular complexity index is 198. The Morgan fingerprint density at radius 3 is 2.60 bits per heavy atom. The molecule has 10 heavy (non-hydrogen) atoms. The molecule has 0 amide bonds. The summed E-state index contributed by atoms with van der Waals surface area (Å²) >= 11 is 0. The fourth-order valence-electron chi connectivity index (χ4n) is 0.850. The average molecular weight is 139 g/mol. The van der Waals surface area contributed by atoms with Crippen LogP contribution in [0, 0.1) is 6.92 Å². The minimum Gasteiger partial charge on any atom is -0.870 e. The SMILES string of the molecule is CC[n+]1cccc(C)c1.[OH-]. The first-order valence-electron chi connectivity index (χ1n) is 3.28. The minimum absolute atomic E-state index is 0. The molecule has 1 aromatic rings. The first-order valence-corrected chi connectivity index (χ1v) is 3.28. The van der Waals surface area contributed by atoms with Crippen molar-refractivity contribution >= 4 is 0 Å². The molecule has 0 spiro atoms. The van der Waals surface area contributed by atoms with E-state index in [2.05, 4.69) is 42.9 Å². The first-order chi connectivity index (χ1) is 4.33. The van der Waals surface area contributed by atoms with Crippen LogP contribution in [0.3, 0.4) is 0 Å². The van der Waals surface area contributed by atoms with Crippen LogP contribution < -0.4 is 4.57 Å². The third-order valence-corrected chi connectivity index (χ3v) is 1.37. The lowest BCUT2D eigenvalue weighted by molar-refractivity contribution is -0.693. The highest BCUT2D eigenvalue weighted by molar-refractivity contribution is 5.01. The topological polar surface area (TPSA) is 33.9 Å². The third-order valence-electron chi connectivity index (χ3n) is 1.37. The van der Waals surface area contributed by atoms with E-state index in [0.29, 0.717) is 0 Å². The largest absolute Gasteiger partial charge is 0.870 e. The molecule has 0 aliphatic rings. The van der Waals surface area contributed by atoms with Gasteiger partial charge in [-0.3, -0.25) is 0 Å². The Balaban J connectivity index is 0.000000810. The van der Waals surface area contributed by atoms with Gasteiger partial charge < -0.3 is 5.48 Å². The molecule has 56 valence electrons. The van der Waals surface area contributed by atoms with E-state index in [1.165, 1.54) is 5.56 Å². The van der Waals surface area contributed by atoms with Crippen LogP contribution in [-0.2, 0) is 6.54 Å². The molecule has 1 aromatic heterocycles. The normalized spacial score (nSPS) is 8.60. The second-order valence-electron chi connectivity index (χ2n) is 2.21. The molecule has 2 nitrogen and oxygen atoms in total.